The number of fused-ring (bicyclic) bond motifs is 2. The van der Waals surface area contributed by atoms with Crippen LogP contribution in [0.5, 0.6) is 0 Å². The van der Waals surface area contributed by atoms with Gasteiger partial charge < -0.3 is 10.3 Å². The Kier molecular flexibility index (Phi) is 4.44. The largest absolute Gasteiger partial charge is 0.338 e. The minimum Gasteiger partial charge on any atom is -0.338 e. The summed E-state index contributed by atoms with van der Waals surface area (Å²) in [5.41, 5.74) is 5.57. The molecule has 0 saturated carbocycles. The molecule has 0 aliphatic heterocycles. The second-order valence-corrected chi connectivity index (χ2v) is 7.08. The molecule has 5 heterocycles. The number of anilines is 1. The lowest BCUT2D eigenvalue weighted by Crippen LogP contribution is -2.10. The van der Waals surface area contributed by atoms with Crippen molar-refractivity contribution < 1.29 is 4.79 Å². The van der Waals surface area contributed by atoms with Gasteiger partial charge in [-0.05, 0) is 36.8 Å². The number of aromatic amines is 2. The second-order valence-electron chi connectivity index (χ2n) is 7.08. The summed E-state index contributed by atoms with van der Waals surface area (Å²) in [6.07, 6.45) is 8.20. The van der Waals surface area contributed by atoms with Gasteiger partial charge in [0.2, 0.25) is 5.91 Å². The van der Waals surface area contributed by atoms with Crippen molar-refractivity contribution in [2.45, 2.75) is 19.8 Å². The highest BCUT2D eigenvalue weighted by molar-refractivity contribution is 5.96. The number of rotatable bonds is 5. The average molecular weight is 397 g/mol. The van der Waals surface area contributed by atoms with E-state index in [1.807, 2.05) is 37.3 Å². The molecule has 3 N–H and O–H groups in total. The van der Waals surface area contributed by atoms with E-state index < -0.39 is 0 Å². The lowest BCUT2D eigenvalue weighted by atomic mass is 10.1. The molecular formula is C22H19N7O. The van der Waals surface area contributed by atoms with Crippen LogP contribution in [-0.2, 0) is 4.79 Å². The Morgan fingerprint density at radius 1 is 1.07 bits per heavy atom. The lowest BCUT2D eigenvalue weighted by molar-refractivity contribution is -0.116. The molecule has 148 valence electrons. The van der Waals surface area contributed by atoms with Gasteiger partial charge in [-0.15, -0.1) is 0 Å². The Labute approximate surface area is 171 Å². The van der Waals surface area contributed by atoms with Crippen LogP contribution in [0.25, 0.3) is 44.6 Å². The van der Waals surface area contributed by atoms with Gasteiger partial charge in [0.25, 0.3) is 0 Å². The monoisotopic (exact) mass is 397 g/mol. The van der Waals surface area contributed by atoms with Crippen LogP contribution in [0.3, 0.4) is 0 Å². The summed E-state index contributed by atoms with van der Waals surface area (Å²) in [4.78, 5) is 28.4. The van der Waals surface area contributed by atoms with E-state index in [0.29, 0.717) is 17.8 Å². The molecule has 0 aromatic carbocycles. The third-order valence-corrected chi connectivity index (χ3v) is 4.90. The van der Waals surface area contributed by atoms with Crippen molar-refractivity contribution >= 4 is 33.7 Å². The molecule has 1 amide bonds. The molecule has 0 bridgehead atoms. The highest BCUT2D eigenvalue weighted by atomic mass is 16.1. The lowest BCUT2D eigenvalue weighted by Gasteiger charge is -2.07. The zero-order chi connectivity index (χ0) is 20.5. The van der Waals surface area contributed by atoms with Crippen LogP contribution in [0.15, 0.2) is 55.1 Å². The number of amides is 1. The van der Waals surface area contributed by atoms with Gasteiger partial charge in [-0.2, -0.15) is 5.10 Å². The van der Waals surface area contributed by atoms with Gasteiger partial charge >= 0.3 is 0 Å². The smallest absolute Gasteiger partial charge is 0.224 e. The van der Waals surface area contributed by atoms with Crippen molar-refractivity contribution in [3.8, 4) is 22.5 Å². The van der Waals surface area contributed by atoms with E-state index in [-0.39, 0.29) is 5.91 Å². The number of aromatic nitrogens is 6. The fraction of sp³-hybridized carbons (Fsp3) is 0.136. The summed E-state index contributed by atoms with van der Waals surface area (Å²) >= 11 is 0. The van der Waals surface area contributed by atoms with E-state index in [1.165, 1.54) is 0 Å². The first kappa shape index (κ1) is 18.0. The van der Waals surface area contributed by atoms with E-state index in [2.05, 4.69) is 35.5 Å². The number of carbonyl (C=O) groups is 1. The van der Waals surface area contributed by atoms with Crippen LogP contribution < -0.4 is 5.32 Å². The number of hydrogen-bond acceptors (Lipinski definition) is 5. The fourth-order valence-electron chi connectivity index (χ4n) is 3.47. The predicted molar refractivity (Wildman–Crippen MR) is 116 cm³/mol. The maximum Gasteiger partial charge on any atom is 0.224 e. The summed E-state index contributed by atoms with van der Waals surface area (Å²) in [6.45, 7) is 1.97. The molecule has 0 aliphatic carbocycles. The first-order valence-corrected chi connectivity index (χ1v) is 9.75. The minimum atomic E-state index is -0.0189. The summed E-state index contributed by atoms with van der Waals surface area (Å²) in [7, 11) is 0. The molecule has 0 spiro atoms. The Balaban J connectivity index is 1.54. The van der Waals surface area contributed by atoms with Gasteiger partial charge in [-0.3, -0.25) is 14.9 Å². The van der Waals surface area contributed by atoms with E-state index in [9.17, 15) is 4.79 Å². The number of H-pyrrole nitrogens is 2. The number of pyridine rings is 3. The van der Waals surface area contributed by atoms with Gasteiger partial charge in [0.05, 0.1) is 17.6 Å². The third-order valence-electron chi connectivity index (χ3n) is 4.90. The van der Waals surface area contributed by atoms with Gasteiger partial charge in [-0.1, -0.05) is 6.92 Å². The van der Waals surface area contributed by atoms with Crippen LogP contribution in [0.2, 0.25) is 0 Å². The summed E-state index contributed by atoms with van der Waals surface area (Å²) in [5.74, 6) is -0.0189. The van der Waals surface area contributed by atoms with Crippen LogP contribution in [0, 0.1) is 0 Å². The van der Waals surface area contributed by atoms with Crippen molar-refractivity contribution in [3.63, 3.8) is 0 Å². The fourth-order valence-corrected chi connectivity index (χ4v) is 3.47. The maximum absolute atomic E-state index is 11.9. The van der Waals surface area contributed by atoms with E-state index >= 15 is 0 Å². The Bertz CT molecular complexity index is 1340. The van der Waals surface area contributed by atoms with Crippen molar-refractivity contribution in [1.29, 1.82) is 0 Å². The predicted octanol–water partition coefficient (Wildman–Crippen LogP) is 4.30. The normalized spacial score (nSPS) is 11.2. The van der Waals surface area contributed by atoms with Crippen molar-refractivity contribution in [2.75, 3.05) is 5.32 Å². The van der Waals surface area contributed by atoms with Gasteiger partial charge in [0.15, 0.2) is 5.65 Å². The third kappa shape index (κ3) is 3.28. The molecule has 0 radical (unpaired) electrons. The standard InChI is InChI=1S/C22H19N7O/c1-2-4-19(30)26-16-7-14(10-23-12-16)15-8-17-20(28-29-22(17)25-11-15)18-9-13-5-3-6-24-21(13)27-18/h3,5-12H,2,4H2,1H3,(H,24,27)(H,26,30)(H,25,28,29). The first-order chi connectivity index (χ1) is 14.7. The number of carbonyl (C=O) groups excluding carboxylic acids is 1. The SMILES string of the molecule is CCCC(=O)Nc1cncc(-c2cnc3[nH]nc(-c4cc5cccnc5[nH]4)c3c2)c1. The molecule has 0 saturated heterocycles. The number of nitrogens with one attached hydrogen (secondary N) is 3. The maximum atomic E-state index is 11.9. The molecule has 5 aromatic heterocycles. The minimum absolute atomic E-state index is 0.0189. The Morgan fingerprint density at radius 3 is 2.83 bits per heavy atom. The molecule has 5 aromatic rings. The quantitative estimate of drug-likeness (QED) is 0.409. The van der Waals surface area contributed by atoms with E-state index in [4.69, 9.17) is 0 Å². The molecule has 5 rings (SSSR count). The summed E-state index contributed by atoms with van der Waals surface area (Å²) in [6, 6.07) is 9.85. The first-order valence-electron chi connectivity index (χ1n) is 9.75. The second kappa shape index (κ2) is 7.40. The molecular weight excluding hydrogens is 378 g/mol. The topological polar surface area (TPSA) is 112 Å². The van der Waals surface area contributed by atoms with Crippen molar-refractivity contribution in [1.82, 2.24) is 30.1 Å². The Morgan fingerprint density at radius 2 is 1.97 bits per heavy atom. The molecule has 8 nitrogen and oxygen atoms in total. The highest BCUT2D eigenvalue weighted by Crippen LogP contribution is 2.30. The molecule has 0 unspecified atom stereocenters. The number of hydrogen-bond donors (Lipinski definition) is 3. The average Bonchev–Trinajstić information content (AvgIpc) is 3.37. The Hall–Kier alpha value is -4.07. The molecule has 30 heavy (non-hydrogen) atoms. The van der Waals surface area contributed by atoms with Crippen molar-refractivity contribution in [3.05, 3.63) is 55.1 Å². The van der Waals surface area contributed by atoms with Crippen LogP contribution >= 0.6 is 0 Å². The highest BCUT2D eigenvalue weighted by Gasteiger charge is 2.14. The van der Waals surface area contributed by atoms with Crippen LogP contribution in [-0.4, -0.2) is 36.0 Å². The summed E-state index contributed by atoms with van der Waals surface area (Å²) in [5, 5.41) is 12.2. The zero-order valence-electron chi connectivity index (χ0n) is 16.3. The van der Waals surface area contributed by atoms with Gasteiger partial charge in [0, 0.05) is 46.9 Å². The zero-order valence-corrected chi connectivity index (χ0v) is 16.3. The molecule has 0 atom stereocenters. The molecule has 8 heteroatoms. The molecule has 0 aliphatic rings. The van der Waals surface area contributed by atoms with E-state index in [0.717, 1.165) is 45.4 Å². The van der Waals surface area contributed by atoms with Gasteiger partial charge in [-0.25, -0.2) is 9.97 Å². The summed E-state index contributed by atoms with van der Waals surface area (Å²) < 4.78 is 0. The van der Waals surface area contributed by atoms with Crippen molar-refractivity contribution in [2.24, 2.45) is 0 Å². The van der Waals surface area contributed by atoms with Crippen LogP contribution in [0.1, 0.15) is 19.8 Å². The molecule has 0 fully saturated rings. The van der Waals surface area contributed by atoms with Gasteiger partial charge in [0.1, 0.15) is 11.3 Å². The van der Waals surface area contributed by atoms with Crippen LogP contribution in [0.4, 0.5) is 5.69 Å². The van der Waals surface area contributed by atoms with E-state index in [1.54, 1.807) is 24.8 Å². The number of nitrogens with zero attached hydrogens (tertiary/aromatic N) is 4.